The summed E-state index contributed by atoms with van der Waals surface area (Å²) in [5.74, 6) is 1.16. The molecule has 2 unspecified atom stereocenters. The van der Waals surface area contributed by atoms with Gasteiger partial charge < -0.3 is 16.0 Å². The highest BCUT2D eigenvalue weighted by Crippen LogP contribution is 2.34. The normalized spacial score (nSPS) is 26.9. The molecule has 2 aliphatic rings. The highest BCUT2D eigenvalue weighted by molar-refractivity contribution is 9.10. The van der Waals surface area contributed by atoms with Crippen LogP contribution in [-0.4, -0.2) is 30.0 Å². The number of anilines is 2. The van der Waals surface area contributed by atoms with Crippen molar-refractivity contribution in [3.8, 4) is 0 Å². The van der Waals surface area contributed by atoms with Crippen LogP contribution in [0, 0.1) is 5.92 Å². The molecule has 96 valence electrons. The maximum Gasteiger partial charge on any atom is 0.225 e. The maximum atomic E-state index is 11.7. The summed E-state index contributed by atoms with van der Waals surface area (Å²) in [4.78, 5) is 18.4. The van der Waals surface area contributed by atoms with Crippen molar-refractivity contribution in [1.29, 1.82) is 0 Å². The number of hydrogen-bond donors (Lipinski definition) is 2. The molecule has 0 bridgehead atoms. The predicted molar refractivity (Wildman–Crippen MR) is 73.2 cm³/mol. The van der Waals surface area contributed by atoms with E-state index >= 15 is 0 Å². The molecule has 2 aliphatic heterocycles. The van der Waals surface area contributed by atoms with E-state index in [4.69, 9.17) is 5.73 Å². The number of rotatable bonds is 1. The highest BCUT2D eigenvalue weighted by Gasteiger charge is 2.41. The van der Waals surface area contributed by atoms with Crippen molar-refractivity contribution in [2.75, 3.05) is 23.7 Å². The van der Waals surface area contributed by atoms with E-state index in [-0.39, 0.29) is 17.9 Å². The van der Waals surface area contributed by atoms with Gasteiger partial charge in [0.25, 0.3) is 0 Å². The van der Waals surface area contributed by atoms with E-state index in [0.29, 0.717) is 12.2 Å². The van der Waals surface area contributed by atoms with E-state index < -0.39 is 0 Å². The lowest BCUT2D eigenvalue weighted by molar-refractivity contribution is -0.122. The van der Waals surface area contributed by atoms with Gasteiger partial charge in [-0.3, -0.25) is 4.79 Å². The van der Waals surface area contributed by atoms with Gasteiger partial charge in [-0.25, -0.2) is 4.98 Å². The standard InChI is InChI=1S/C12H15BrN4O/c13-9-4-7(14)5-15-11(9)17-3-1-2-8-10(17)6-16-12(8)18/h4-5,8,10H,1-3,6,14H2,(H,16,18). The zero-order valence-corrected chi connectivity index (χ0v) is 11.5. The number of pyridine rings is 1. The third-order valence-corrected chi connectivity index (χ3v) is 4.30. The zero-order valence-electron chi connectivity index (χ0n) is 9.90. The first-order valence-electron chi connectivity index (χ1n) is 6.12. The van der Waals surface area contributed by atoms with Gasteiger partial charge in [0.15, 0.2) is 0 Å². The van der Waals surface area contributed by atoms with Crippen molar-refractivity contribution >= 4 is 33.3 Å². The lowest BCUT2D eigenvalue weighted by Gasteiger charge is -2.37. The van der Waals surface area contributed by atoms with Gasteiger partial charge in [0, 0.05) is 13.1 Å². The summed E-state index contributed by atoms with van der Waals surface area (Å²) < 4.78 is 0.891. The van der Waals surface area contributed by atoms with Gasteiger partial charge in [-0.1, -0.05) is 0 Å². The molecule has 0 spiro atoms. The molecular formula is C12H15BrN4O. The van der Waals surface area contributed by atoms with Crippen LogP contribution in [-0.2, 0) is 4.79 Å². The predicted octanol–water partition coefficient (Wildman–Crippen LogP) is 1.14. The molecule has 3 heterocycles. The Bertz CT molecular complexity index is 493. The van der Waals surface area contributed by atoms with E-state index in [1.54, 1.807) is 6.20 Å². The number of hydrogen-bond acceptors (Lipinski definition) is 4. The molecule has 1 amide bonds. The summed E-state index contributed by atoms with van der Waals surface area (Å²) in [5, 5.41) is 2.94. The monoisotopic (exact) mass is 310 g/mol. The summed E-state index contributed by atoms with van der Waals surface area (Å²) in [5.41, 5.74) is 6.35. The number of carbonyl (C=O) groups excluding carboxylic acids is 1. The van der Waals surface area contributed by atoms with Crippen molar-refractivity contribution in [2.45, 2.75) is 18.9 Å². The Morgan fingerprint density at radius 3 is 3.17 bits per heavy atom. The van der Waals surface area contributed by atoms with Gasteiger partial charge >= 0.3 is 0 Å². The van der Waals surface area contributed by atoms with Crippen molar-refractivity contribution < 1.29 is 4.79 Å². The van der Waals surface area contributed by atoms with Crippen LogP contribution in [0.3, 0.4) is 0 Å². The van der Waals surface area contributed by atoms with Crippen LogP contribution in [0.1, 0.15) is 12.8 Å². The van der Waals surface area contributed by atoms with Crippen molar-refractivity contribution in [2.24, 2.45) is 5.92 Å². The fraction of sp³-hybridized carbons (Fsp3) is 0.500. The average molecular weight is 311 g/mol. The van der Waals surface area contributed by atoms with Crippen LogP contribution in [0.25, 0.3) is 0 Å². The second kappa shape index (κ2) is 4.42. The Morgan fingerprint density at radius 2 is 2.39 bits per heavy atom. The number of fused-ring (bicyclic) bond motifs is 1. The van der Waals surface area contributed by atoms with Crippen LogP contribution in [0.2, 0.25) is 0 Å². The van der Waals surface area contributed by atoms with Crippen LogP contribution in [0.4, 0.5) is 11.5 Å². The zero-order chi connectivity index (χ0) is 12.7. The number of carbonyl (C=O) groups is 1. The third kappa shape index (κ3) is 1.84. The van der Waals surface area contributed by atoms with Gasteiger partial charge in [-0.15, -0.1) is 0 Å². The lowest BCUT2D eigenvalue weighted by Crippen LogP contribution is -2.46. The second-order valence-corrected chi connectivity index (χ2v) is 5.68. The topological polar surface area (TPSA) is 71.2 Å². The first-order valence-corrected chi connectivity index (χ1v) is 6.91. The molecule has 5 nitrogen and oxygen atoms in total. The van der Waals surface area contributed by atoms with Gasteiger partial charge in [0.2, 0.25) is 5.91 Å². The largest absolute Gasteiger partial charge is 0.397 e. The Kier molecular flexibility index (Phi) is 2.89. The van der Waals surface area contributed by atoms with E-state index in [0.717, 1.165) is 29.7 Å². The highest BCUT2D eigenvalue weighted by atomic mass is 79.9. The molecule has 3 rings (SSSR count). The Morgan fingerprint density at radius 1 is 1.56 bits per heavy atom. The van der Waals surface area contributed by atoms with E-state index in [1.165, 1.54) is 0 Å². The fourth-order valence-electron chi connectivity index (χ4n) is 2.87. The van der Waals surface area contributed by atoms with E-state index in [2.05, 4.69) is 31.1 Å². The molecule has 0 radical (unpaired) electrons. The molecule has 1 aromatic heterocycles. The minimum Gasteiger partial charge on any atom is -0.397 e. The van der Waals surface area contributed by atoms with E-state index in [1.807, 2.05) is 6.07 Å². The van der Waals surface area contributed by atoms with E-state index in [9.17, 15) is 4.79 Å². The second-order valence-electron chi connectivity index (χ2n) is 4.83. The average Bonchev–Trinajstić information content (AvgIpc) is 2.72. The summed E-state index contributed by atoms with van der Waals surface area (Å²) in [6.45, 7) is 1.65. The quantitative estimate of drug-likeness (QED) is 0.816. The summed E-state index contributed by atoms with van der Waals surface area (Å²) in [6, 6.07) is 2.08. The Balaban J connectivity index is 1.93. The van der Waals surface area contributed by atoms with Crippen LogP contribution in [0.15, 0.2) is 16.7 Å². The smallest absolute Gasteiger partial charge is 0.225 e. The molecule has 0 saturated carbocycles. The molecule has 1 aromatic rings. The summed E-state index contributed by atoms with van der Waals surface area (Å²) in [6.07, 6.45) is 3.65. The number of nitrogens with zero attached hydrogens (tertiary/aromatic N) is 2. The fourth-order valence-corrected chi connectivity index (χ4v) is 3.47. The molecule has 0 aromatic carbocycles. The summed E-state index contributed by atoms with van der Waals surface area (Å²) in [7, 11) is 0. The van der Waals surface area contributed by atoms with Gasteiger partial charge in [-0.05, 0) is 34.8 Å². The molecule has 2 fully saturated rings. The van der Waals surface area contributed by atoms with Crippen molar-refractivity contribution in [3.63, 3.8) is 0 Å². The maximum absolute atomic E-state index is 11.7. The summed E-state index contributed by atoms with van der Waals surface area (Å²) >= 11 is 3.51. The van der Waals surface area contributed by atoms with Crippen molar-refractivity contribution in [1.82, 2.24) is 10.3 Å². The minimum absolute atomic E-state index is 0.102. The van der Waals surface area contributed by atoms with Gasteiger partial charge in [0.1, 0.15) is 5.82 Å². The molecule has 3 N–H and O–H groups in total. The number of nitrogen functional groups attached to an aromatic ring is 1. The van der Waals surface area contributed by atoms with Gasteiger partial charge in [-0.2, -0.15) is 0 Å². The number of halogens is 1. The first kappa shape index (κ1) is 11.8. The number of nitrogens with one attached hydrogen (secondary N) is 1. The number of nitrogens with two attached hydrogens (primary N) is 1. The van der Waals surface area contributed by atoms with Crippen LogP contribution < -0.4 is 16.0 Å². The Labute approximate surface area is 114 Å². The lowest BCUT2D eigenvalue weighted by atomic mass is 9.91. The molecule has 2 saturated heterocycles. The van der Waals surface area contributed by atoms with Crippen molar-refractivity contribution in [3.05, 3.63) is 16.7 Å². The number of amides is 1. The molecule has 0 aliphatic carbocycles. The third-order valence-electron chi connectivity index (χ3n) is 3.72. The minimum atomic E-state index is 0.102. The molecule has 18 heavy (non-hydrogen) atoms. The van der Waals surface area contributed by atoms with Crippen LogP contribution >= 0.6 is 15.9 Å². The number of aromatic nitrogens is 1. The van der Waals surface area contributed by atoms with Gasteiger partial charge in [0.05, 0.1) is 28.3 Å². The number of piperidine rings is 1. The molecule has 2 atom stereocenters. The Hall–Kier alpha value is -1.30. The van der Waals surface area contributed by atoms with Crippen LogP contribution in [0.5, 0.6) is 0 Å². The first-order chi connectivity index (χ1) is 8.66. The molecule has 6 heteroatoms. The molecular weight excluding hydrogens is 296 g/mol. The SMILES string of the molecule is Nc1cnc(N2CCCC3C(=O)NCC32)c(Br)c1.